The van der Waals surface area contributed by atoms with Crippen LogP contribution in [0.5, 0.6) is 0 Å². The summed E-state index contributed by atoms with van der Waals surface area (Å²) in [5.74, 6) is 0. The van der Waals surface area contributed by atoms with Gasteiger partial charge in [0.1, 0.15) is 33.5 Å². The molecule has 0 N–H and O–H groups in total. The Bertz CT molecular complexity index is 4630. The van der Waals surface area contributed by atoms with Gasteiger partial charge in [-0.15, -0.1) is 0 Å². The highest BCUT2D eigenvalue weighted by atomic mass is 16.3. The number of rotatable bonds is 8. The van der Waals surface area contributed by atoms with Crippen LogP contribution in [0.1, 0.15) is 22.3 Å². The van der Waals surface area contributed by atoms with Gasteiger partial charge in [0.05, 0.1) is 11.1 Å². The zero-order valence-electron chi connectivity index (χ0n) is 41.7. The van der Waals surface area contributed by atoms with E-state index >= 15 is 0 Å². The first-order valence-electron chi connectivity index (χ1n) is 26.3. The van der Waals surface area contributed by atoms with E-state index in [-0.39, 0.29) is 0 Å². The highest BCUT2D eigenvalue weighted by Crippen LogP contribution is 2.60. The summed E-state index contributed by atoms with van der Waals surface area (Å²) in [6.07, 6.45) is 0. The molecule has 15 aromatic rings. The summed E-state index contributed by atoms with van der Waals surface area (Å²) in [6.45, 7) is 0. The monoisotopic (exact) mass is 983 g/mol. The van der Waals surface area contributed by atoms with E-state index in [0.717, 1.165) is 116 Å². The number of para-hydroxylation sites is 6. The molecular formula is C73H45NO3. The van der Waals surface area contributed by atoms with Crippen molar-refractivity contribution in [2.75, 3.05) is 4.90 Å². The van der Waals surface area contributed by atoms with E-state index in [1.165, 1.54) is 33.4 Å². The molecule has 4 heteroatoms. The predicted octanol–water partition coefficient (Wildman–Crippen LogP) is 20.2. The van der Waals surface area contributed by atoms with E-state index < -0.39 is 5.41 Å². The lowest BCUT2D eigenvalue weighted by molar-refractivity contribution is 0.669. The van der Waals surface area contributed by atoms with Crippen LogP contribution in [-0.2, 0) is 5.41 Å². The van der Waals surface area contributed by atoms with Crippen molar-refractivity contribution < 1.29 is 13.3 Å². The van der Waals surface area contributed by atoms with Crippen LogP contribution in [0.2, 0.25) is 0 Å². The quantitative estimate of drug-likeness (QED) is 0.152. The summed E-state index contributed by atoms with van der Waals surface area (Å²) in [4.78, 5) is 2.44. The second kappa shape index (κ2) is 16.9. The molecule has 0 fully saturated rings. The molecule has 16 rings (SSSR count). The van der Waals surface area contributed by atoms with E-state index in [0.29, 0.717) is 0 Å². The summed E-state index contributed by atoms with van der Waals surface area (Å²) in [6, 6.07) is 98.4. The molecule has 0 saturated heterocycles. The lowest BCUT2D eigenvalue weighted by atomic mass is 9.67. The average Bonchev–Trinajstić information content (AvgIpc) is 4.47. The van der Waals surface area contributed by atoms with Crippen LogP contribution in [-0.4, -0.2) is 0 Å². The molecule has 0 saturated carbocycles. The number of anilines is 3. The van der Waals surface area contributed by atoms with Crippen molar-refractivity contribution in [1.82, 2.24) is 0 Å². The molecule has 0 aliphatic heterocycles. The van der Waals surface area contributed by atoms with Gasteiger partial charge in [-0.25, -0.2) is 0 Å². The Morgan fingerprint density at radius 1 is 0.260 bits per heavy atom. The van der Waals surface area contributed by atoms with Crippen molar-refractivity contribution in [3.63, 3.8) is 0 Å². The van der Waals surface area contributed by atoms with Crippen molar-refractivity contribution in [1.29, 1.82) is 0 Å². The molecule has 0 radical (unpaired) electrons. The molecule has 12 aromatic carbocycles. The fourth-order valence-corrected chi connectivity index (χ4v) is 12.8. The summed E-state index contributed by atoms with van der Waals surface area (Å²) < 4.78 is 19.7. The number of nitrogens with zero attached hydrogens (tertiary/aromatic N) is 1. The predicted molar refractivity (Wildman–Crippen MR) is 317 cm³/mol. The van der Waals surface area contributed by atoms with Gasteiger partial charge in [-0.3, -0.25) is 0 Å². The van der Waals surface area contributed by atoms with Crippen LogP contribution in [0.3, 0.4) is 0 Å². The van der Waals surface area contributed by atoms with Crippen molar-refractivity contribution in [3.8, 4) is 44.5 Å². The van der Waals surface area contributed by atoms with Crippen molar-refractivity contribution >= 4 is 82.9 Å². The van der Waals surface area contributed by atoms with Crippen molar-refractivity contribution in [2.24, 2.45) is 0 Å². The molecule has 1 atom stereocenters. The molecule has 1 aliphatic carbocycles. The maximum absolute atomic E-state index is 6.56. The third kappa shape index (κ3) is 6.46. The van der Waals surface area contributed by atoms with Gasteiger partial charge >= 0.3 is 0 Å². The molecular weight excluding hydrogens is 939 g/mol. The number of fused-ring (bicyclic) bond motifs is 12. The normalized spacial score (nSPS) is 14.0. The molecule has 3 aromatic heterocycles. The molecule has 0 spiro atoms. The van der Waals surface area contributed by atoms with E-state index in [4.69, 9.17) is 13.3 Å². The van der Waals surface area contributed by atoms with Gasteiger partial charge in [0.2, 0.25) is 0 Å². The molecule has 360 valence electrons. The second-order valence-electron chi connectivity index (χ2n) is 20.2. The largest absolute Gasteiger partial charge is 0.455 e. The van der Waals surface area contributed by atoms with Crippen LogP contribution < -0.4 is 4.90 Å². The highest BCUT2D eigenvalue weighted by Gasteiger charge is 2.47. The van der Waals surface area contributed by atoms with Crippen LogP contribution in [0.4, 0.5) is 17.1 Å². The fourth-order valence-electron chi connectivity index (χ4n) is 12.8. The highest BCUT2D eigenvalue weighted by molar-refractivity contribution is 6.12. The zero-order chi connectivity index (χ0) is 50.6. The Labute approximate surface area is 443 Å². The third-order valence-corrected chi connectivity index (χ3v) is 16.2. The Kier molecular flexibility index (Phi) is 9.52. The molecule has 77 heavy (non-hydrogen) atoms. The van der Waals surface area contributed by atoms with E-state index in [1.54, 1.807) is 0 Å². The second-order valence-corrected chi connectivity index (χ2v) is 20.2. The van der Waals surface area contributed by atoms with E-state index in [9.17, 15) is 0 Å². The summed E-state index contributed by atoms with van der Waals surface area (Å²) in [5.41, 5.74) is 21.6. The van der Waals surface area contributed by atoms with E-state index in [2.05, 4.69) is 248 Å². The zero-order valence-corrected chi connectivity index (χ0v) is 41.7. The molecule has 0 amide bonds. The molecule has 1 unspecified atom stereocenters. The molecule has 0 bridgehead atoms. The Hall–Kier alpha value is -10.2. The van der Waals surface area contributed by atoms with Gasteiger partial charge in [-0.2, -0.15) is 0 Å². The Morgan fingerprint density at radius 2 is 0.623 bits per heavy atom. The number of hydrogen-bond donors (Lipinski definition) is 0. The fraction of sp³-hybridized carbons (Fsp3) is 0.0137. The molecule has 3 heterocycles. The third-order valence-electron chi connectivity index (χ3n) is 16.2. The van der Waals surface area contributed by atoms with Crippen LogP contribution in [0.15, 0.2) is 286 Å². The minimum absolute atomic E-state index is 0.650. The van der Waals surface area contributed by atoms with Gasteiger partial charge in [-0.1, -0.05) is 224 Å². The van der Waals surface area contributed by atoms with Crippen LogP contribution in [0.25, 0.3) is 110 Å². The number of benzene rings is 12. The Morgan fingerprint density at radius 3 is 1.12 bits per heavy atom. The average molecular weight is 984 g/mol. The maximum atomic E-state index is 6.56. The van der Waals surface area contributed by atoms with Gasteiger partial charge in [0, 0.05) is 65.9 Å². The molecule has 4 nitrogen and oxygen atoms in total. The standard InChI is InChI=1S/C73H45NO3/c1-2-16-49(17-3-1)73(50-40-34-46(35-41-50)53-22-12-25-59-56-18-5-9-31-66(56)75-70(53)59)63-28-8-4-21-62(63)69-64(73)29-15-30-65(69)74(51-42-36-47(37-43-51)54-23-13-26-60-57-19-6-10-32-67(57)76-71(54)60)52-44-38-48(39-45-52)55-24-14-27-61-58-20-7-11-33-68(58)77-72(55)61/h1-45H. The minimum atomic E-state index is -0.650. The van der Waals surface area contributed by atoms with Crippen LogP contribution >= 0.6 is 0 Å². The Balaban J connectivity index is 0.883. The van der Waals surface area contributed by atoms with Gasteiger partial charge in [0.15, 0.2) is 0 Å². The SMILES string of the molecule is c1ccc(C2(c3ccc(-c4cccc5c4oc4ccccc45)cc3)c3ccccc3-c3c(N(c4ccc(-c5cccc6c5oc5ccccc56)cc4)c4ccc(-c5cccc6c5oc5ccccc56)cc4)cccc32)cc1. The van der Waals surface area contributed by atoms with Gasteiger partial charge < -0.3 is 18.2 Å². The van der Waals surface area contributed by atoms with Gasteiger partial charge in [-0.05, 0) is 93.0 Å². The maximum Gasteiger partial charge on any atom is 0.143 e. The first kappa shape index (κ1) is 43.3. The van der Waals surface area contributed by atoms with Crippen molar-refractivity contribution in [2.45, 2.75) is 5.41 Å². The first-order chi connectivity index (χ1) is 38.2. The minimum Gasteiger partial charge on any atom is -0.455 e. The van der Waals surface area contributed by atoms with Gasteiger partial charge in [0.25, 0.3) is 0 Å². The lowest BCUT2D eigenvalue weighted by Gasteiger charge is -2.34. The smallest absolute Gasteiger partial charge is 0.143 e. The summed E-state index contributed by atoms with van der Waals surface area (Å²) in [7, 11) is 0. The number of hydrogen-bond acceptors (Lipinski definition) is 4. The molecule has 1 aliphatic rings. The first-order valence-corrected chi connectivity index (χ1v) is 26.3. The topological polar surface area (TPSA) is 42.7 Å². The summed E-state index contributed by atoms with van der Waals surface area (Å²) >= 11 is 0. The lowest BCUT2D eigenvalue weighted by Crippen LogP contribution is -2.28. The summed E-state index contributed by atoms with van der Waals surface area (Å²) in [5, 5.41) is 6.71. The van der Waals surface area contributed by atoms with E-state index in [1.807, 2.05) is 30.3 Å². The number of furan rings is 3. The van der Waals surface area contributed by atoms with Crippen LogP contribution in [0, 0.1) is 0 Å². The van der Waals surface area contributed by atoms with Crippen molar-refractivity contribution in [3.05, 3.63) is 295 Å².